The molecule has 1 unspecified atom stereocenters. The van der Waals surface area contributed by atoms with Crippen molar-refractivity contribution in [1.82, 2.24) is 9.62 Å². The van der Waals surface area contributed by atoms with Gasteiger partial charge < -0.3 is 10.1 Å². The number of hydrogen-bond acceptors (Lipinski definition) is 5. The van der Waals surface area contributed by atoms with Crippen LogP contribution in [0.1, 0.15) is 39.7 Å². The SMILES string of the molecule is CCOCCCNC(=O)C1Cc2cc(S(=O)(=O)N(CC)CC)ccc2N1C(C)=O. The van der Waals surface area contributed by atoms with E-state index in [0.29, 0.717) is 50.5 Å². The Morgan fingerprint density at radius 1 is 1.24 bits per heavy atom. The van der Waals surface area contributed by atoms with Crippen molar-refractivity contribution in [3.8, 4) is 0 Å². The van der Waals surface area contributed by atoms with Crippen molar-refractivity contribution in [1.29, 1.82) is 0 Å². The van der Waals surface area contributed by atoms with Gasteiger partial charge in [-0.2, -0.15) is 4.31 Å². The Bertz CT molecular complexity index is 837. The van der Waals surface area contributed by atoms with Crippen molar-refractivity contribution in [2.24, 2.45) is 0 Å². The van der Waals surface area contributed by atoms with Crippen LogP contribution in [0.3, 0.4) is 0 Å². The lowest BCUT2D eigenvalue weighted by molar-refractivity contribution is -0.125. The van der Waals surface area contributed by atoms with Crippen LogP contribution in [0.5, 0.6) is 0 Å². The smallest absolute Gasteiger partial charge is 0.243 e. The quantitative estimate of drug-likeness (QED) is 0.574. The Morgan fingerprint density at radius 3 is 2.52 bits per heavy atom. The molecule has 0 bridgehead atoms. The molecule has 29 heavy (non-hydrogen) atoms. The van der Waals surface area contributed by atoms with E-state index in [2.05, 4.69) is 5.32 Å². The minimum Gasteiger partial charge on any atom is -0.382 e. The third-order valence-corrected chi connectivity index (χ3v) is 7.04. The molecule has 0 aromatic heterocycles. The van der Waals surface area contributed by atoms with Gasteiger partial charge in [0.25, 0.3) is 0 Å². The molecule has 162 valence electrons. The standard InChI is InChI=1S/C20H31N3O5S/c1-5-22(6-2)29(26,27)17-9-10-18-16(13-17)14-19(23(18)15(4)24)20(25)21-11-8-12-28-7-3/h9-10,13,19H,5-8,11-12,14H2,1-4H3,(H,21,25). The zero-order valence-corrected chi connectivity index (χ0v) is 18.4. The zero-order valence-electron chi connectivity index (χ0n) is 17.6. The van der Waals surface area contributed by atoms with Crippen molar-refractivity contribution < 1.29 is 22.7 Å². The van der Waals surface area contributed by atoms with Crippen LogP contribution >= 0.6 is 0 Å². The van der Waals surface area contributed by atoms with Gasteiger partial charge in [0.15, 0.2) is 0 Å². The maximum Gasteiger partial charge on any atom is 0.243 e. The predicted molar refractivity (Wildman–Crippen MR) is 111 cm³/mol. The van der Waals surface area contributed by atoms with Crippen molar-refractivity contribution in [2.45, 2.75) is 51.5 Å². The Kier molecular flexibility index (Phi) is 8.18. The zero-order chi connectivity index (χ0) is 21.6. The van der Waals surface area contributed by atoms with Crippen LogP contribution in [0.25, 0.3) is 0 Å². The van der Waals surface area contributed by atoms with Gasteiger partial charge in [-0.15, -0.1) is 0 Å². The first-order chi connectivity index (χ1) is 13.8. The lowest BCUT2D eigenvalue weighted by Crippen LogP contribution is -2.47. The van der Waals surface area contributed by atoms with Gasteiger partial charge in [-0.05, 0) is 37.1 Å². The molecule has 9 heteroatoms. The van der Waals surface area contributed by atoms with Gasteiger partial charge in [-0.1, -0.05) is 13.8 Å². The molecular weight excluding hydrogens is 394 g/mol. The molecule has 2 rings (SSSR count). The molecule has 2 amide bonds. The molecule has 1 N–H and O–H groups in total. The maximum atomic E-state index is 12.8. The second-order valence-electron chi connectivity index (χ2n) is 6.83. The van der Waals surface area contributed by atoms with Crippen LogP contribution in [0.4, 0.5) is 5.69 Å². The number of anilines is 1. The van der Waals surface area contributed by atoms with E-state index in [9.17, 15) is 18.0 Å². The Hall–Kier alpha value is -1.97. The second-order valence-corrected chi connectivity index (χ2v) is 8.77. The number of benzene rings is 1. The van der Waals surface area contributed by atoms with E-state index in [1.165, 1.54) is 22.2 Å². The fourth-order valence-corrected chi connectivity index (χ4v) is 5.06. The summed E-state index contributed by atoms with van der Waals surface area (Å²) in [5, 5.41) is 2.85. The molecule has 0 spiro atoms. The van der Waals surface area contributed by atoms with Crippen molar-refractivity contribution in [3.63, 3.8) is 0 Å². The highest BCUT2D eigenvalue weighted by molar-refractivity contribution is 7.89. The number of rotatable bonds is 10. The monoisotopic (exact) mass is 425 g/mol. The van der Waals surface area contributed by atoms with E-state index in [1.807, 2.05) is 6.92 Å². The summed E-state index contributed by atoms with van der Waals surface area (Å²) in [5.74, 6) is -0.501. The van der Waals surface area contributed by atoms with Crippen LogP contribution < -0.4 is 10.2 Å². The van der Waals surface area contributed by atoms with Gasteiger partial charge in [0.1, 0.15) is 6.04 Å². The minimum atomic E-state index is -3.61. The van der Waals surface area contributed by atoms with Crippen LogP contribution in [-0.4, -0.2) is 63.4 Å². The summed E-state index contributed by atoms with van der Waals surface area (Å²) in [6.07, 6.45) is 0.972. The fraction of sp³-hybridized carbons (Fsp3) is 0.600. The van der Waals surface area contributed by atoms with Gasteiger partial charge in [-0.3, -0.25) is 14.5 Å². The molecule has 1 heterocycles. The van der Waals surface area contributed by atoms with Crippen molar-refractivity contribution in [3.05, 3.63) is 23.8 Å². The number of nitrogens with one attached hydrogen (secondary N) is 1. The average Bonchev–Trinajstić information content (AvgIpc) is 3.07. The van der Waals surface area contributed by atoms with Crippen LogP contribution in [0, 0.1) is 0 Å². The summed E-state index contributed by atoms with van der Waals surface area (Å²) in [5.41, 5.74) is 1.27. The number of sulfonamides is 1. The number of nitrogens with zero attached hydrogens (tertiary/aromatic N) is 2. The van der Waals surface area contributed by atoms with E-state index >= 15 is 0 Å². The molecule has 0 saturated carbocycles. The third-order valence-electron chi connectivity index (χ3n) is 4.99. The van der Waals surface area contributed by atoms with Gasteiger partial charge in [0.05, 0.1) is 4.90 Å². The highest BCUT2D eigenvalue weighted by atomic mass is 32.2. The number of hydrogen-bond donors (Lipinski definition) is 1. The summed E-state index contributed by atoms with van der Waals surface area (Å²) in [7, 11) is -3.61. The van der Waals surface area contributed by atoms with E-state index in [-0.39, 0.29) is 23.1 Å². The first-order valence-corrected chi connectivity index (χ1v) is 11.5. The first kappa shape index (κ1) is 23.3. The molecule has 0 fully saturated rings. The molecule has 1 aromatic rings. The molecule has 1 atom stereocenters. The second kappa shape index (κ2) is 10.2. The predicted octanol–water partition coefficient (Wildman–Crippen LogP) is 1.54. The molecule has 8 nitrogen and oxygen atoms in total. The van der Waals surface area contributed by atoms with Gasteiger partial charge >= 0.3 is 0 Å². The lowest BCUT2D eigenvalue weighted by Gasteiger charge is -2.23. The number of carbonyl (C=O) groups is 2. The van der Waals surface area contributed by atoms with Gasteiger partial charge in [0, 0.05) is 51.9 Å². The largest absolute Gasteiger partial charge is 0.382 e. The number of amides is 2. The number of carbonyl (C=O) groups excluding carboxylic acids is 2. The average molecular weight is 426 g/mol. The number of ether oxygens (including phenoxy) is 1. The molecule has 1 aliphatic heterocycles. The van der Waals surface area contributed by atoms with E-state index in [1.54, 1.807) is 26.0 Å². The summed E-state index contributed by atoms with van der Waals surface area (Å²) in [6.45, 7) is 9.30. The van der Waals surface area contributed by atoms with E-state index in [0.717, 1.165) is 0 Å². The Morgan fingerprint density at radius 2 is 1.93 bits per heavy atom. The Labute approximate surface area is 173 Å². The van der Waals surface area contributed by atoms with E-state index in [4.69, 9.17) is 4.74 Å². The molecule has 0 radical (unpaired) electrons. The molecule has 0 saturated heterocycles. The van der Waals surface area contributed by atoms with Crippen molar-refractivity contribution in [2.75, 3.05) is 37.7 Å². The highest BCUT2D eigenvalue weighted by Crippen LogP contribution is 2.34. The fourth-order valence-electron chi connectivity index (χ4n) is 3.55. The maximum absolute atomic E-state index is 12.8. The topological polar surface area (TPSA) is 96.0 Å². The van der Waals surface area contributed by atoms with Crippen LogP contribution in [-0.2, 0) is 30.8 Å². The summed E-state index contributed by atoms with van der Waals surface area (Å²) < 4.78 is 32.3. The molecular formula is C20H31N3O5S. The van der Waals surface area contributed by atoms with Crippen LogP contribution in [0.2, 0.25) is 0 Å². The summed E-state index contributed by atoms with van der Waals surface area (Å²) >= 11 is 0. The Balaban J connectivity index is 2.22. The molecule has 1 aliphatic rings. The highest BCUT2D eigenvalue weighted by Gasteiger charge is 2.37. The molecule has 0 aliphatic carbocycles. The molecule has 1 aromatic carbocycles. The summed E-state index contributed by atoms with van der Waals surface area (Å²) in [6, 6.07) is 4.03. The lowest BCUT2D eigenvalue weighted by atomic mass is 10.1. The van der Waals surface area contributed by atoms with Crippen LogP contribution in [0.15, 0.2) is 23.1 Å². The van der Waals surface area contributed by atoms with Gasteiger partial charge in [0.2, 0.25) is 21.8 Å². The number of fused-ring (bicyclic) bond motifs is 1. The minimum absolute atomic E-state index is 0.182. The first-order valence-electron chi connectivity index (χ1n) is 10.1. The van der Waals surface area contributed by atoms with Gasteiger partial charge in [-0.25, -0.2) is 8.42 Å². The van der Waals surface area contributed by atoms with E-state index < -0.39 is 16.1 Å². The summed E-state index contributed by atoms with van der Waals surface area (Å²) in [4.78, 5) is 26.5. The normalized spacial score (nSPS) is 16.2. The van der Waals surface area contributed by atoms with Crippen molar-refractivity contribution >= 4 is 27.5 Å². The third kappa shape index (κ3) is 5.15.